The number of pyridine rings is 1. The Morgan fingerprint density at radius 3 is 2.70 bits per heavy atom. The van der Waals surface area contributed by atoms with Crippen LogP contribution in [-0.4, -0.2) is 42.0 Å². The second kappa shape index (κ2) is 6.19. The fraction of sp³-hybridized carbons (Fsp3) is 0.474. The van der Waals surface area contributed by atoms with Crippen molar-refractivity contribution >= 4 is 22.6 Å². The van der Waals surface area contributed by atoms with Gasteiger partial charge in [0.25, 0.3) is 0 Å². The molecule has 4 heteroatoms. The third-order valence-electron chi connectivity index (χ3n) is 5.11. The van der Waals surface area contributed by atoms with Crippen molar-refractivity contribution in [2.75, 3.05) is 31.1 Å². The molecule has 2 aliphatic rings. The zero-order valence-electron chi connectivity index (χ0n) is 13.4. The predicted molar refractivity (Wildman–Crippen MR) is 92.5 cm³/mol. The molecule has 0 bridgehead atoms. The Morgan fingerprint density at radius 1 is 1.00 bits per heavy atom. The summed E-state index contributed by atoms with van der Waals surface area (Å²) >= 11 is 0. The summed E-state index contributed by atoms with van der Waals surface area (Å²) in [6.45, 7) is 3.63. The molecule has 4 nitrogen and oxygen atoms in total. The maximum atomic E-state index is 12.7. The molecule has 1 unspecified atom stereocenters. The van der Waals surface area contributed by atoms with E-state index in [0.29, 0.717) is 5.91 Å². The normalized spacial score (nSPS) is 21.8. The lowest BCUT2D eigenvalue weighted by Crippen LogP contribution is -2.40. The molecule has 0 radical (unpaired) electrons. The zero-order valence-corrected chi connectivity index (χ0v) is 13.4. The van der Waals surface area contributed by atoms with Crippen molar-refractivity contribution in [2.24, 2.45) is 5.92 Å². The van der Waals surface area contributed by atoms with E-state index in [0.717, 1.165) is 62.2 Å². The number of amides is 1. The molecule has 0 spiro atoms. The number of aromatic nitrogens is 1. The van der Waals surface area contributed by atoms with Gasteiger partial charge >= 0.3 is 0 Å². The molecule has 2 aliphatic heterocycles. The molecule has 1 atom stereocenters. The predicted octanol–water partition coefficient (Wildman–Crippen LogP) is 3.07. The number of benzene rings is 1. The highest BCUT2D eigenvalue weighted by Crippen LogP contribution is 2.26. The van der Waals surface area contributed by atoms with E-state index in [-0.39, 0.29) is 5.92 Å². The summed E-state index contributed by atoms with van der Waals surface area (Å²) in [5.41, 5.74) is 1.02. The zero-order chi connectivity index (χ0) is 15.6. The summed E-state index contributed by atoms with van der Waals surface area (Å²) < 4.78 is 0. The number of piperidine rings is 1. The maximum absolute atomic E-state index is 12.7. The number of para-hydroxylation sites is 1. The highest BCUT2D eigenvalue weighted by Gasteiger charge is 2.32. The number of fused-ring (bicyclic) bond motifs is 1. The molecule has 2 saturated heterocycles. The lowest BCUT2D eigenvalue weighted by molar-refractivity contribution is -0.135. The van der Waals surface area contributed by atoms with Crippen LogP contribution in [0.15, 0.2) is 36.4 Å². The van der Waals surface area contributed by atoms with Gasteiger partial charge in [-0.25, -0.2) is 4.98 Å². The number of hydrogen-bond acceptors (Lipinski definition) is 3. The van der Waals surface area contributed by atoms with Gasteiger partial charge in [0, 0.05) is 31.6 Å². The van der Waals surface area contributed by atoms with Gasteiger partial charge in [0.1, 0.15) is 5.82 Å². The van der Waals surface area contributed by atoms with E-state index in [4.69, 9.17) is 4.98 Å². The van der Waals surface area contributed by atoms with Gasteiger partial charge in [-0.15, -0.1) is 0 Å². The van der Waals surface area contributed by atoms with E-state index in [1.54, 1.807) is 0 Å². The largest absolute Gasteiger partial charge is 0.356 e. The Morgan fingerprint density at radius 2 is 1.83 bits per heavy atom. The molecule has 2 aromatic rings. The first-order chi connectivity index (χ1) is 11.3. The number of nitrogens with zero attached hydrogens (tertiary/aromatic N) is 3. The average Bonchev–Trinajstić information content (AvgIpc) is 3.11. The first-order valence-corrected chi connectivity index (χ1v) is 8.71. The first-order valence-electron chi connectivity index (χ1n) is 8.71. The summed E-state index contributed by atoms with van der Waals surface area (Å²) in [7, 11) is 0. The van der Waals surface area contributed by atoms with Gasteiger partial charge < -0.3 is 9.80 Å². The third-order valence-corrected chi connectivity index (χ3v) is 5.11. The van der Waals surface area contributed by atoms with Crippen LogP contribution in [0.25, 0.3) is 10.9 Å². The molecule has 3 heterocycles. The highest BCUT2D eigenvalue weighted by atomic mass is 16.2. The molecule has 0 N–H and O–H groups in total. The Bertz CT molecular complexity index is 709. The summed E-state index contributed by atoms with van der Waals surface area (Å²) in [5.74, 6) is 1.49. The van der Waals surface area contributed by atoms with Crippen molar-refractivity contribution in [3.05, 3.63) is 36.4 Å². The Labute approximate surface area is 137 Å². The van der Waals surface area contributed by atoms with Gasteiger partial charge in [0.05, 0.1) is 11.4 Å². The first kappa shape index (κ1) is 14.5. The number of carbonyl (C=O) groups excluding carboxylic acids is 1. The van der Waals surface area contributed by atoms with Crippen molar-refractivity contribution < 1.29 is 4.79 Å². The molecule has 0 aliphatic carbocycles. The van der Waals surface area contributed by atoms with Crippen molar-refractivity contribution in [2.45, 2.75) is 25.7 Å². The SMILES string of the molecule is O=C(C1CCN(c2ccc3ccccc3n2)C1)N1CCCCC1. The van der Waals surface area contributed by atoms with Crippen molar-refractivity contribution in [3.8, 4) is 0 Å². The minimum absolute atomic E-state index is 0.140. The average molecular weight is 309 g/mol. The molecule has 23 heavy (non-hydrogen) atoms. The van der Waals surface area contributed by atoms with Crippen molar-refractivity contribution in [1.29, 1.82) is 0 Å². The topological polar surface area (TPSA) is 36.4 Å². The Balaban J connectivity index is 1.47. The summed E-state index contributed by atoms with van der Waals surface area (Å²) in [6, 6.07) is 12.4. The minimum Gasteiger partial charge on any atom is -0.356 e. The van der Waals surface area contributed by atoms with Gasteiger partial charge in [0.2, 0.25) is 5.91 Å². The fourth-order valence-corrected chi connectivity index (χ4v) is 3.77. The van der Waals surface area contributed by atoms with E-state index in [2.05, 4.69) is 28.0 Å². The number of hydrogen-bond donors (Lipinski definition) is 0. The molecular formula is C19H23N3O. The minimum atomic E-state index is 0.140. The number of rotatable bonds is 2. The standard InChI is InChI=1S/C19H23N3O/c23-19(21-11-4-1-5-12-21)16-10-13-22(14-16)18-9-8-15-6-2-3-7-17(15)20-18/h2-3,6-9,16H,1,4-5,10-14H2. The molecule has 1 aromatic heterocycles. The highest BCUT2D eigenvalue weighted by molar-refractivity contribution is 5.82. The molecule has 1 amide bonds. The Kier molecular flexibility index (Phi) is 3.90. The monoisotopic (exact) mass is 309 g/mol. The molecular weight excluding hydrogens is 286 g/mol. The fourth-order valence-electron chi connectivity index (χ4n) is 3.77. The third kappa shape index (κ3) is 2.90. The smallest absolute Gasteiger partial charge is 0.227 e. The number of anilines is 1. The number of carbonyl (C=O) groups is 1. The molecule has 120 valence electrons. The van der Waals surface area contributed by atoms with E-state index in [1.807, 2.05) is 18.2 Å². The van der Waals surface area contributed by atoms with Crippen LogP contribution in [0.3, 0.4) is 0 Å². The summed E-state index contributed by atoms with van der Waals surface area (Å²) in [5, 5.41) is 1.16. The quantitative estimate of drug-likeness (QED) is 0.855. The molecule has 1 aromatic carbocycles. The van der Waals surface area contributed by atoms with E-state index in [9.17, 15) is 4.79 Å². The van der Waals surface area contributed by atoms with Gasteiger partial charge in [-0.3, -0.25) is 4.79 Å². The van der Waals surface area contributed by atoms with Crippen LogP contribution in [0.5, 0.6) is 0 Å². The van der Waals surface area contributed by atoms with Crippen LogP contribution in [0.4, 0.5) is 5.82 Å². The molecule has 2 fully saturated rings. The summed E-state index contributed by atoms with van der Waals surface area (Å²) in [6.07, 6.45) is 4.54. The van der Waals surface area contributed by atoms with Crippen LogP contribution < -0.4 is 4.90 Å². The van der Waals surface area contributed by atoms with E-state index >= 15 is 0 Å². The lowest BCUT2D eigenvalue weighted by atomic mass is 10.0. The number of likely N-dealkylation sites (tertiary alicyclic amines) is 1. The van der Waals surface area contributed by atoms with E-state index in [1.165, 1.54) is 6.42 Å². The second-order valence-corrected chi connectivity index (χ2v) is 6.68. The van der Waals surface area contributed by atoms with E-state index < -0.39 is 0 Å². The molecule has 0 saturated carbocycles. The lowest BCUT2D eigenvalue weighted by Gasteiger charge is -2.29. The van der Waals surface area contributed by atoms with Crippen LogP contribution in [0, 0.1) is 5.92 Å². The van der Waals surface area contributed by atoms with Crippen LogP contribution in [-0.2, 0) is 4.79 Å². The summed E-state index contributed by atoms with van der Waals surface area (Å²) in [4.78, 5) is 21.8. The van der Waals surface area contributed by atoms with Gasteiger partial charge in [-0.2, -0.15) is 0 Å². The molecule has 4 rings (SSSR count). The van der Waals surface area contributed by atoms with Crippen molar-refractivity contribution in [1.82, 2.24) is 9.88 Å². The van der Waals surface area contributed by atoms with Crippen molar-refractivity contribution in [3.63, 3.8) is 0 Å². The Hall–Kier alpha value is -2.10. The van der Waals surface area contributed by atoms with Crippen LogP contribution in [0.1, 0.15) is 25.7 Å². The van der Waals surface area contributed by atoms with Gasteiger partial charge in [-0.05, 0) is 43.9 Å². The second-order valence-electron chi connectivity index (χ2n) is 6.68. The maximum Gasteiger partial charge on any atom is 0.227 e. The van der Waals surface area contributed by atoms with Crippen LogP contribution in [0.2, 0.25) is 0 Å². The van der Waals surface area contributed by atoms with Crippen LogP contribution >= 0.6 is 0 Å². The van der Waals surface area contributed by atoms with Gasteiger partial charge in [0.15, 0.2) is 0 Å². The van der Waals surface area contributed by atoms with Gasteiger partial charge in [-0.1, -0.05) is 18.2 Å².